The van der Waals surface area contributed by atoms with Crippen LogP contribution < -0.4 is 0 Å². The highest BCUT2D eigenvalue weighted by atomic mass is 35.5. The van der Waals surface area contributed by atoms with E-state index in [1.54, 1.807) is 0 Å². The van der Waals surface area contributed by atoms with E-state index in [1.165, 1.54) is 25.7 Å². The molecule has 0 saturated heterocycles. The van der Waals surface area contributed by atoms with Crippen molar-refractivity contribution in [3.05, 3.63) is 81.4 Å². The monoisotopic (exact) mass is 385 g/mol. The maximum atomic E-state index is 6.11. The first kappa shape index (κ1) is 17.6. The first-order valence-corrected chi connectivity index (χ1v) is 9.91. The summed E-state index contributed by atoms with van der Waals surface area (Å²) in [5, 5.41) is 10.6. The molecule has 0 N–H and O–H groups in total. The number of benzene rings is 2. The van der Waals surface area contributed by atoms with Crippen LogP contribution in [0.4, 0.5) is 0 Å². The Morgan fingerprint density at radius 1 is 0.731 bits per heavy atom. The smallest absolute Gasteiger partial charge is 0.145 e. The normalized spacial score (nSPS) is 14.7. The molecule has 2 heterocycles. The molecule has 1 aromatic heterocycles. The second-order valence-electron chi connectivity index (χ2n) is 6.83. The van der Waals surface area contributed by atoms with Crippen LogP contribution in [0.3, 0.4) is 0 Å². The van der Waals surface area contributed by atoms with Gasteiger partial charge in [-0.05, 0) is 48.2 Å². The lowest BCUT2D eigenvalue weighted by Gasteiger charge is -2.21. The van der Waals surface area contributed by atoms with Crippen LogP contribution in [0.15, 0.2) is 48.5 Å². The predicted octanol–water partition coefficient (Wildman–Crippen LogP) is 5.88. The lowest BCUT2D eigenvalue weighted by atomic mass is 9.90. The summed E-state index contributed by atoms with van der Waals surface area (Å²) in [4.78, 5) is 0. The maximum absolute atomic E-state index is 6.11. The van der Waals surface area contributed by atoms with Gasteiger partial charge in [0.05, 0.1) is 5.92 Å². The molecule has 0 spiro atoms. The summed E-state index contributed by atoms with van der Waals surface area (Å²) < 4.78 is 2.33. The van der Waals surface area contributed by atoms with Gasteiger partial charge in [-0.15, -0.1) is 10.2 Å². The highest BCUT2D eigenvalue weighted by Gasteiger charge is 2.25. The molecule has 0 bridgehead atoms. The Kier molecular flexibility index (Phi) is 5.28. The van der Waals surface area contributed by atoms with Crippen molar-refractivity contribution < 1.29 is 0 Å². The molecule has 0 atom stereocenters. The Labute approximate surface area is 164 Å². The van der Waals surface area contributed by atoms with E-state index in [1.807, 2.05) is 24.3 Å². The van der Waals surface area contributed by atoms with Gasteiger partial charge in [-0.1, -0.05) is 60.3 Å². The van der Waals surface area contributed by atoms with Gasteiger partial charge in [-0.2, -0.15) is 0 Å². The molecule has 4 rings (SSSR count). The second kappa shape index (κ2) is 7.81. The number of hydrogen-bond acceptors (Lipinski definition) is 2. The summed E-state index contributed by atoms with van der Waals surface area (Å²) in [5.74, 6) is 2.13. The van der Waals surface area contributed by atoms with Gasteiger partial charge in [-0.3, -0.25) is 0 Å². The summed E-state index contributed by atoms with van der Waals surface area (Å²) in [5.41, 5.74) is 2.32. The first-order valence-electron chi connectivity index (χ1n) is 9.15. The Morgan fingerprint density at radius 2 is 1.31 bits per heavy atom. The van der Waals surface area contributed by atoms with Crippen molar-refractivity contribution in [2.45, 2.75) is 44.6 Å². The molecular formula is C21H21Cl2N3. The van der Waals surface area contributed by atoms with Crippen molar-refractivity contribution in [3.63, 3.8) is 0 Å². The van der Waals surface area contributed by atoms with E-state index in [0.29, 0.717) is 0 Å². The Hall–Kier alpha value is -1.84. The molecule has 5 heteroatoms. The van der Waals surface area contributed by atoms with Crippen LogP contribution in [-0.2, 0) is 13.0 Å². The maximum Gasteiger partial charge on any atom is 0.145 e. The average Bonchev–Trinajstić information content (AvgIpc) is 3.00. The minimum atomic E-state index is 0.0187. The minimum Gasteiger partial charge on any atom is -0.314 e. The summed E-state index contributed by atoms with van der Waals surface area (Å²) in [6.45, 7) is 0.981. The zero-order valence-corrected chi connectivity index (χ0v) is 16.0. The van der Waals surface area contributed by atoms with Crippen LogP contribution in [0.25, 0.3) is 0 Å². The molecule has 3 aromatic rings. The van der Waals surface area contributed by atoms with Crippen molar-refractivity contribution in [1.82, 2.24) is 14.8 Å². The lowest BCUT2D eigenvalue weighted by molar-refractivity contribution is 0.502. The number of hydrogen-bond donors (Lipinski definition) is 0. The quantitative estimate of drug-likeness (QED) is 0.563. The molecule has 1 aliphatic heterocycles. The summed E-state index contributed by atoms with van der Waals surface area (Å²) in [6.07, 6.45) is 5.90. The summed E-state index contributed by atoms with van der Waals surface area (Å²) >= 11 is 12.2. The average molecular weight is 386 g/mol. The molecule has 0 amide bonds. The van der Waals surface area contributed by atoms with E-state index in [4.69, 9.17) is 23.2 Å². The molecule has 1 aliphatic rings. The predicted molar refractivity (Wildman–Crippen MR) is 106 cm³/mol. The second-order valence-corrected chi connectivity index (χ2v) is 7.70. The number of aryl methyl sites for hydroxylation is 1. The van der Waals surface area contributed by atoms with E-state index in [-0.39, 0.29) is 5.92 Å². The SMILES string of the molecule is Clc1ccc(C(c2ccc(Cl)cc2)c2nnc3n2CCCCCC3)cc1. The molecule has 0 fully saturated rings. The van der Waals surface area contributed by atoms with Crippen LogP contribution in [0.2, 0.25) is 10.0 Å². The fraction of sp³-hybridized carbons (Fsp3) is 0.333. The topological polar surface area (TPSA) is 30.7 Å². The Bertz CT molecular complexity index is 824. The van der Waals surface area contributed by atoms with Gasteiger partial charge in [0.15, 0.2) is 0 Å². The largest absolute Gasteiger partial charge is 0.314 e. The summed E-state index contributed by atoms with van der Waals surface area (Å²) in [6, 6.07) is 16.0. The molecule has 3 nitrogen and oxygen atoms in total. The third-order valence-corrected chi connectivity index (χ3v) is 5.56. The number of nitrogens with zero attached hydrogens (tertiary/aromatic N) is 3. The van der Waals surface area contributed by atoms with Crippen molar-refractivity contribution in [2.75, 3.05) is 0 Å². The third kappa shape index (κ3) is 3.65. The van der Waals surface area contributed by atoms with Gasteiger partial charge >= 0.3 is 0 Å². The fourth-order valence-corrected chi connectivity index (χ4v) is 3.95. The van der Waals surface area contributed by atoms with Gasteiger partial charge < -0.3 is 4.57 Å². The molecule has 0 aliphatic carbocycles. The highest BCUT2D eigenvalue weighted by molar-refractivity contribution is 6.30. The minimum absolute atomic E-state index is 0.0187. The molecular weight excluding hydrogens is 365 g/mol. The molecule has 0 saturated carbocycles. The number of fused-ring (bicyclic) bond motifs is 1. The van der Waals surface area contributed by atoms with Crippen molar-refractivity contribution in [3.8, 4) is 0 Å². The van der Waals surface area contributed by atoms with E-state index in [2.05, 4.69) is 39.0 Å². The van der Waals surface area contributed by atoms with Gasteiger partial charge in [0.25, 0.3) is 0 Å². The Morgan fingerprint density at radius 3 is 1.92 bits per heavy atom. The third-order valence-electron chi connectivity index (χ3n) is 5.05. The van der Waals surface area contributed by atoms with E-state index >= 15 is 0 Å². The van der Waals surface area contributed by atoms with E-state index in [0.717, 1.165) is 45.8 Å². The van der Waals surface area contributed by atoms with Crippen molar-refractivity contribution in [2.24, 2.45) is 0 Å². The van der Waals surface area contributed by atoms with Crippen LogP contribution >= 0.6 is 23.2 Å². The number of halogens is 2. The standard InChI is InChI=1S/C21H21Cl2N3/c22-17-10-6-15(7-11-17)20(16-8-12-18(23)13-9-16)21-25-24-19-5-3-1-2-4-14-26(19)21/h6-13,20H,1-5,14H2. The van der Waals surface area contributed by atoms with Crippen molar-refractivity contribution in [1.29, 1.82) is 0 Å². The molecule has 0 unspecified atom stereocenters. The lowest BCUT2D eigenvalue weighted by Crippen LogP contribution is -2.15. The number of aromatic nitrogens is 3. The summed E-state index contributed by atoms with van der Waals surface area (Å²) in [7, 11) is 0. The van der Waals surface area contributed by atoms with Crippen LogP contribution in [-0.4, -0.2) is 14.8 Å². The van der Waals surface area contributed by atoms with Crippen LogP contribution in [0.5, 0.6) is 0 Å². The van der Waals surface area contributed by atoms with Gasteiger partial charge in [0, 0.05) is 23.0 Å². The first-order chi connectivity index (χ1) is 12.7. The Balaban J connectivity index is 1.83. The zero-order valence-electron chi connectivity index (χ0n) is 14.5. The van der Waals surface area contributed by atoms with Gasteiger partial charge in [-0.25, -0.2) is 0 Å². The van der Waals surface area contributed by atoms with Crippen LogP contribution in [0.1, 0.15) is 54.4 Å². The van der Waals surface area contributed by atoms with E-state index < -0.39 is 0 Å². The molecule has 2 aromatic carbocycles. The molecule has 0 radical (unpaired) electrons. The zero-order chi connectivity index (χ0) is 17.9. The highest BCUT2D eigenvalue weighted by Crippen LogP contribution is 2.33. The molecule has 26 heavy (non-hydrogen) atoms. The van der Waals surface area contributed by atoms with Gasteiger partial charge in [0.1, 0.15) is 11.6 Å². The van der Waals surface area contributed by atoms with E-state index in [9.17, 15) is 0 Å². The van der Waals surface area contributed by atoms with Crippen LogP contribution in [0, 0.1) is 0 Å². The van der Waals surface area contributed by atoms with Gasteiger partial charge in [0.2, 0.25) is 0 Å². The van der Waals surface area contributed by atoms with Crippen molar-refractivity contribution >= 4 is 23.2 Å². The fourth-order valence-electron chi connectivity index (χ4n) is 3.70. The number of rotatable bonds is 3. The molecule has 134 valence electrons.